The van der Waals surface area contributed by atoms with Gasteiger partial charge in [-0.05, 0) is 31.5 Å². The lowest BCUT2D eigenvalue weighted by Gasteiger charge is -2.06. The molecule has 0 aliphatic heterocycles. The Bertz CT molecular complexity index is 725. The first kappa shape index (κ1) is 16.2. The van der Waals surface area contributed by atoms with Crippen LogP contribution in [-0.4, -0.2) is 33.3 Å². The quantitative estimate of drug-likeness (QED) is 0.849. The largest absolute Gasteiger partial charge is 0.480 e. The number of carboxylic acids is 1. The highest BCUT2D eigenvalue weighted by atomic mass is 79.9. The van der Waals surface area contributed by atoms with Gasteiger partial charge in [-0.25, -0.2) is 0 Å². The number of nitrogens with one attached hydrogen (secondary N) is 1. The number of hydrogen-bond donors (Lipinski definition) is 2. The minimum absolute atomic E-state index is 0.408. The number of aryl methyl sites for hydroxylation is 1. The van der Waals surface area contributed by atoms with Crippen molar-refractivity contribution >= 4 is 27.8 Å². The van der Waals surface area contributed by atoms with Crippen LogP contribution in [0.5, 0.6) is 0 Å². The zero-order chi connectivity index (χ0) is 16.3. The highest BCUT2D eigenvalue weighted by Gasteiger charge is 2.19. The number of halogens is 1. The summed E-state index contributed by atoms with van der Waals surface area (Å²) in [4.78, 5) is 22.6. The molecule has 1 amide bonds. The summed E-state index contributed by atoms with van der Waals surface area (Å²) in [5.74, 6) is -1.50. The summed E-state index contributed by atoms with van der Waals surface area (Å²) in [7, 11) is 0. The number of aromatic nitrogens is 2. The Balaban J connectivity index is 2.23. The molecule has 0 atom stereocenters. The van der Waals surface area contributed by atoms with Gasteiger partial charge in [-0.1, -0.05) is 28.1 Å². The number of amides is 1. The minimum atomic E-state index is -1.08. The number of nitrogens with zero attached hydrogens (tertiary/aromatic N) is 2. The molecule has 0 spiro atoms. The maximum Gasteiger partial charge on any atom is 0.322 e. The second kappa shape index (κ2) is 6.74. The summed E-state index contributed by atoms with van der Waals surface area (Å²) in [5.41, 5.74) is 2.77. The lowest BCUT2D eigenvalue weighted by molar-refractivity contribution is -0.135. The van der Waals surface area contributed by atoms with Crippen molar-refractivity contribution in [2.24, 2.45) is 0 Å². The number of hydrogen-bond acceptors (Lipinski definition) is 3. The van der Waals surface area contributed by atoms with E-state index in [1.54, 1.807) is 18.5 Å². The second-order valence-electron chi connectivity index (χ2n) is 4.91. The summed E-state index contributed by atoms with van der Waals surface area (Å²) >= 11 is 3.42. The van der Waals surface area contributed by atoms with E-state index in [0.717, 1.165) is 10.0 Å². The van der Waals surface area contributed by atoms with Gasteiger partial charge in [-0.2, -0.15) is 5.10 Å². The Hall–Kier alpha value is -2.15. The molecule has 1 heterocycles. The van der Waals surface area contributed by atoms with Crippen LogP contribution < -0.4 is 5.32 Å². The van der Waals surface area contributed by atoms with Crippen LogP contribution in [0.15, 0.2) is 28.7 Å². The van der Waals surface area contributed by atoms with Crippen LogP contribution in [-0.2, 0) is 11.3 Å². The monoisotopic (exact) mass is 365 g/mol. The highest BCUT2D eigenvalue weighted by Crippen LogP contribution is 2.17. The van der Waals surface area contributed by atoms with Crippen molar-refractivity contribution in [3.05, 3.63) is 51.3 Å². The van der Waals surface area contributed by atoms with Gasteiger partial charge in [-0.3, -0.25) is 14.3 Å². The van der Waals surface area contributed by atoms with Crippen molar-refractivity contribution in [3.8, 4) is 0 Å². The van der Waals surface area contributed by atoms with Crippen molar-refractivity contribution in [2.75, 3.05) is 6.54 Å². The zero-order valence-corrected chi connectivity index (χ0v) is 13.8. The van der Waals surface area contributed by atoms with Crippen LogP contribution in [0.25, 0.3) is 0 Å². The third-order valence-corrected chi connectivity index (χ3v) is 3.72. The van der Waals surface area contributed by atoms with E-state index in [9.17, 15) is 9.59 Å². The topological polar surface area (TPSA) is 84.2 Å². The van der Waals surface area contributed by atoms with Gasteiger partial charge in [0.05, 0.1) is 17.8 Å². The molecule has 1 aromatic heterocycles. The second-order valence-corrected chi connectivity index (χ2v) is 5.83. The minimum Gasteiger partial charge on any atom is -0.480 e. The molecule has 0 aliphatic carbocycles. The van der Waals surface area contributed by atoms with Crippen LogP contribution >= 0.6 is 15.9 Å². The SMILES string of the molecule is Cc1nn(Cc2cccc(Br)c2)c(C)c1C(=O)NCC(=O)O. The van der Waals surface area contributed by atoms with E-state index in [2.05, 4.69) is 26.3 Å². The molecule has 0 fully saturated rings. The molecule has 0 bridgehead atoms. The third kappa shape index (κ3) is 3.73. The fourth-order valence-corrected chi connectivity index (χ4v) is 2.68. The molecule has 0 unspecified atom stereocenters. The Morgan fingerprint density at radius 1 is 1.36 bits per heavy atom. The first-order valence-corrected chi connectivity index (χ1v) is 7.46. The van der Waals surface area contributed by atoms with Crippen LogP contribution in [0.3, 0.4) is 0 Å². The van der Waals surface area contributed by atoms with Crippen molar-refractivity contribution in [2.45, 2.75) is 20.4 Å². The van der Waals surface area contributed by atoms with Crippen LogP contribution in [0, 0.1) is 13.8 Å². The Labute approximate surface area is 136 Å². The highest BCUT2D eigenvalue weighted by molar-refractivity contribution is 9.10. The molecule has 116 valence electrons. The molecule has 2 N–H and O–H groups in total. The molecule has 0 saturated heterocycles. The molecular formula is C15H16BrN3O3. The predicted octanol–water partition coefficient (Wildman–Crippen LogP) is 2.13. The van der Waals surface area contributed by atoms with E-state index in [0.29, 0.717) is 23.5 Å². The number of carbonyl (C=O) groups is 2. The number of rotatable bonds is 5. The first-order chi connectivity index (χ1) is 10.4. The van der Waals surface area contributed by atoms with Gasteiger partial charge in [0.2, 0.25) is 0 Å². The number of carbonyl (C=O) groups excluding carboxylic acids is 1. The van der Waals surface area contributed by atoms with Gasteiger partial charge in [0.25, 0.3) is 5.91 Å². The van der Waals surface area contributed by atoms with E-state index < -0.39 is 18.4 Å². The van der Waals surface area contributed by atoms with Gasteiger partial charge >= 0.3 is 5.97 Å². The van der Waals surface area contributed by atoms with E-state index in [4.69, 9.17) is 5.11 Å². The van der Waals surface area contributed by atoms with E-state index in [1.165, 1.54) is 0 Å². The van der Waals surface area contributed by atoms with Crippen LogP contribution in [0.1, 0.15) is 27.3 Å². The summed E-state index contributed by atoms with van der Waals surface area (Å²) in [6, 6.07) is 7.84. The third-order valence-electron chi connectivity index (χ3n) is 3.23. The van der Waals surface area contributed by atoms with Gasteiger partial charge in [0, 0.05) is 10.2 Å². The molecular weight excluding hydrogens is 350 g/mol. The number of aliphatic carboxylic acids is 1. The summed E-state index contributed by atoms with van der Waals surface area (Å²) in [6.45, 7) is 3.67. The van der Waals surface area contributed by atoms with Crippen LogP contribution in [0.2, 0.25) is 0 Å². The molecule has 0 saturated carbocycles. The molecule has 0 radical (unpaired) electrons. The van der Waals surface area contributed by atoms with Gasteiger partial charge < -0.3 is 10.4 Å². The molecule has 0 aliphatic rings. The molecule has 6 nitrogen and oxygen atoms in total. The van der Waals surface area contributed by atoms with E-state index >= 15 is 0 Å². The zero-order valence-electron chi connectivity index (χ0n) is 12.3. The lowest BCUT2D eigenvalue weighted by Crippen LogP contribution is -2.30. The molecule has 2 aromatic rings. The van der Waals surface area contributed by atoms with E-state index in [-0.39, 0.29) is 0 Å². The maximum atomic E-state index is 12.1. The molecule has 2 rings (SSSR count). The van der Waals surface area contributed by atoms with Crippen molar-refractivity contribution in [1.29, 1.82) is 0 Å². The van der Waals surface area contributed by atoms with Crippen molar-refractivity contribution < 1.29 is 14.7 Å². The van der Waals surface area contributed by atoms with Gasteiger partial charge in [-0.15, -0.1) is 0 Å². The van der Waals surface area contributed by atoms with Crippen molar-refractivity contribution in [1.82, 2.24) is 15.1 Å². The summed E-state index contributed by atoms with van der Waals surface area (Å²) in [6.07, 6.45) is 0. The number of benzene rings is 1. The fourth-order valence-electron chi connectivity index (χ4n) is 2.23. The van der Waals surface area contributed by atoms with Crippen LogP contribution in [0.4, 0.5) is 0 Å². The summed E-state index contributed by atoms with van der Waals surface area (Å²) < 4.78 is 2.72. The number of carboxylic acid groups (broad SMARTS) is 1. The molecule has 22 heavy (non-hydrogen) atoms. The molecule has 7 heteroatoms. The summed E-state index contributed by atoms with van der Waals surface area (Å²) in [5, 5.41) is 15.4. The average Bonchev–Trinajstić information content (AvgIpc) is 2.71. The Morgan fingerprint density at radius 2 is 2.09 bits per heavy atom. The Kier molecular flexibility index (Phi) is 4.97. The average molecular weight is 366 g/mol. The van der Waals surface area contributed by atoms with Gasteiger partial charge in [0.1, 0.15) is 6.54 Å². The Morgan fingerprint density at radius 3 is 2.73 bits per heavy atom. The standard InChI is InChI=1S/C15H16BrN3O3/c1-9-14(15(22)17-7-13(20)21)10(2)19(18-9)8-11-4-3-5-12(16)6-11/h3-6H,7-8H2,1-2H3,(H,17,22)(H,20,21). The van der Waals surface area contributed by atoms with E-state index in [1.807, 2.05) is 24.3 Å². The first-order valence-electron chi connectivity index (χ1n) is 6.67. The predicted molar refractivity (Wildman–Crippen MR) is 84.9 cm³/mol. The lowest BCUT2D eigenvalue weighted by atomic mass is 10.1. The normalized spacial score (nSPS) is 10.5. The fraction of sp³-hybridized carbons (Fsp3) is 0.267. The maximum absolute atomic E-state index is 12.1. The van der Waals surface area contributed by atoms with Crippen molar-refractivity contribution in [3.63, 3.8) is 0 Å². The molecule has 1 aromatic carbocycles. The van der Waals surface area contributed by atoms with Gasteiger partial charge in [0.15, 0.2) is 0 Å². The smallest absolute Gasteiger partial charge is 0.322 e.